The molecule has 3 nitrogen and oxygen atoms in total. The average molecular weight is 257 g/mol. The molecule has 2 N–H and O–H groups in total. The maximum absolute atomic E-state index is 4.16. The third kappa shape index (κ3) is 4.21. The Hall–Kier alpha value is -1.61. The number of aromatic nitrogens is 2. The first-order valence-corrected chi connectivity index (χ1v) is 6.85. The summed E-state index contributed by atoms with van der Waals surface area (Å²) in [7, 11) is 0. The van der Waals surface area contributed by atoms with Crippen LogP contribution in [0.4, 0.5) is 0 Å². The van der Waals surface area contributed by atoms with Crippen LogP contribution < -0.4 is 5.32 Å². The molecule has 0 aliphatic rings. The van der Waals surface area contributed by atoms with Gasteiger partial charge in [-0.1, -0.05) is 51.1 Å². The third-order valence-electron chi connectivity index (χ3n) is 3.15. The first-order chi connectivity index (χ1) is 9.06. The molecule has 0 bridgehead atoms. The van der Waals surface area contributed by atoms with Crippen LogP contribution in [-0.4, -0.2) is 16.7 Å². The summed E-state index contributed by atoms with van der Waals surface area (Å²) in [5, 5.41) is 10.7. The fraction of sp³-hybridized carbons (Fsp3) is 0.438. The molecule has 0 radical (unpaired) electrons. The normalized spacial score (nSPS) is 11.7. The van der Waals surface area contributed by atoms with Crippen LogP contribution in [-0.2, 0) is 6.54 Å². The highest BCUT2D eigenvalue weighted by molar-refractivity contribution is 5.62. The minimum absolute atomic E-state index is 0.381. The highest BCUT2D eigenvalue weighted by atomic mass is 15.1. The van der Waals surface area contributed by atoms with Crippen molar-refractivity contribution in [2.24, 2.45) is 5.41 Å². The topological polar surface area (TPSA) is 40.7 Å². The Balaban J connectivity index is 1.94. The van der Waals surface area contributed by atoms with Crippen LogP contribution in [0.25, 0.3) is 11.3 Å². The van der Waals surface area contributed by atoms with Crippen LogP contribution in [0, 0.1) is 5.41 Å². The van der Waals surface area contributed by atoms with Crippen LogP contribution in [0.3, 0.4) is 0 Å². The Bertz CT molecular complexity index is 494. The molecule has 0 unspecified atom stereocenters. The van der Waals surface area contributed by atoms with Crippen molar-refractivity contribution in [3.05, 3.63) is 42.1 Å². The molecule has 1 aromatic carbocycles. The zero-order valence-electron chi connectivity index (χ0n) is 12.0. The van der Waals surface area contributed by atoms with Crippen LogP contribution in [0.2, 0.25) is 0 Å². The smallest absolute Gasteiger partial charge is 0.0695 e. The van der Waals surface area contributed by atoms with Gasteiger partial charge >= 0.3 is 0 Å². The van der Waals surface area contributed by atoms with Crippen molar-refractivity contribution in [1.82, 2.24) is 15.5 Å². The van der Waals surface area contributed by atoms with Gasteiger partial charge < -0.3 is 5.32 Å². The maximum Gasteiger partial charge on any atom is 0.0695 e. The van der Waals surface area contributed by atoms with Gasteiger partial charge in [0, 0.05) is 12.1 Å². The van der Waals surface area contributed by atoms with Crippen LogP contribution in [0.5, 0.6) is 0 Å². The molecule has 0 saturated carbocycles. The van der Waals surface area contributed by atoms with Gasteiger partial charge in [-0.2, -0.15) is 5.10 Å². The third-order valence-corrected chi connectivity index (χ3v) is 3.15. The predicted molar refractivity (Wildman–Crippen MR) is 79.8 cm³/mol. The van der Waals surface area contributed by atoms with Crippen molar-refractivity contribution in [2.45, 2.75) is 33.7 Å². The molecule has 3 heteroatoms. The summed E-state index contributed by atoms with van der Waals surface area (Å²) in [6.45, 7) is 8.69. The molecule has 102 valence electrons. The van der Waals surface area contributed by atoms with Crippen molar-refractivity contribution >= 4 is 0 Å². The second-order valence-electron chi connectivity index (χ2n) is 6.12. The highest BCUT2D eigenvalue weighted by Crippen LogP contribution is 2.21. The predicted octanol–water partition coefficient (Wildman–Crippen LogP) is 3.60. The lowest BCUT2D eigenvalue weighted by atomic mass is 9.92. The molecule has 0 saturated heterocycles. The number of nitrogens with one attached hydrogen (secondary N) is 2. The van der Waals surface area contributed by atoms with Gasteiger partial charge in [0.15, 0.2) is 0 Å². The van der Waals surface area contributed by atoms with E-state index in [2.05, 4.69) is 48.4 Å². The van der Waals surface area contributed by atoms with Gasteiger partial charge in [0.05, 0.1) is 11.9 Å². The summed E-state index contributed by atoms with van der Waals surface area (Å²) < 4.78 is 0. The standard InChI is InChI=1S/C16H23N3/c1-16(2,3)9-10-17-11-14-12-18-19-15(14)13-7-5-4-6-8-13/h4-8,12,17H,9-11H2,1-3H3,(H,18,19). The van der Waals surface area contributed by atoms with Crippen LogP contribution in [0.1, 0.15) is 32.8 Å². The quantitative estimate of drug-likeness (QED) is 0.803. The number of aromatic amines is 1. The van der Waals surface area contributed by atoms with E-state index in [0.717, 1.165) is 18.8 Å². The van der Waals surface area contributed by atoms with Gasteiger partial charge in [0.25, 0.3) is 0 Å². The molecule has 0 fully saturated rings. The van der Waals surface area contributed by atoms with E-state index in [9.17, 15) is 0 Å². The lowest BCUT2D eigenvalue weighted by Gasteiger charge is -2.18. The lowest BCUT2D eigenvalue weighted by Crippen LogP contribution is -2.20. The zero-order chi connectivity index (χ0) is 13.7. The molecule has 2 rings (SSSR count). The van der Waals surface area contributed by atoms with Gasteiger partial charge in [0.2, 0.25) is 0 Å². The summed E-state index contributed by atoms with van der Waals surface area (Å²) in [5.74, 6) is 0. The van der Waals surface area contributed by atoms with Gasteiger partial charge in [-0.25, -0.2) is 0 Å². The van der Waals surface area contributed by atoms with E-state index in [-0.39, 0.29) is 0 Å². The van der Waals surface area contributed by atoms with E-state index in [1.54, 1.807) is 0 Å². The van der Waals surface area contributed by atoms with Crippen molar-refractivity contribution in [3.63, 3.8) is 0 Å². The van der Waals surface area contributed by atoms with Gasteiger partial charge in [-0.3, -0.25) is 5.10 Å². The zero-order valence-corrected chi connectivity index (χ0v) is 12.0. The molecule has 0 amide bonds. The molecule has 0 spiro atoms. The SMILES string of the molecule is CC(C)(C)CCNCc1cn[nH]c1-c1ccccc1. The van der Waals surface area contributed by atoms with Crippen molar-refractivity contribution in [1.29, 1.82) is 0 Å². The van der Waals surface area contributed by atoms with Gasteiger partial charge in [-0.05, 0) is 23.9 Å². The Morgan fingerprint density at radius 2 is 1.89 bits per heavy atom. The molecule has 0 aliphatic heterocycles. The minimum atomic E-state index is 0.381. The molecular weight excluding hydrogens is 234 g/mol. The van der Waals surface area contributed by atoms with Crippen molar-refractivity contribution in [3.8, 4) is 11.3 Å². The van der Waals surface area contributed by atoms with E-state index >= 15 is 0 Å². The lowest BCUT2D eigenvalue weighted by molar-refractivity contribution is 0.367. The molecular formula is C16H23N3. The molecule has 2 aromatic rings. The number of nitrogens with zero attached hydrogens (tertiary/aromatic N) is 1. The number of benzene rings is 1. The first-order valence-electron chi connectivity index (χ1n) is 6.85. The monoisotopic (exact) mass is 257 g/mol. The van der Waals surface area contributed by atoms with Gasteiger partial charge in [0.1, 0.15) is 0 Å². The maximum atomic E-state index is 4.16. The van der Waals surface area contributed by atoms with Crippen molar-refractivity contribution < 1.29 is 0 Å². The van der Waals surface area contributed by atoms with Crippen LogP contribution >= 0.6 is 0 Å². The number of H-pyrrole nitrogens is 1. The highest BCUT2D eigenvalue weighted by Gasteiger charge is 2.10. The Morgan fingerprint density at radius 3 is 2.58 bits per heavy atom. The largest absolute Gasteiger partial charge is 0.313 e. The number of rotatable bonds is 5. The minimum Gasteiger partial charge on any atom is -0.313 e. The van der Waals surface area contributed by atoms with E-state index in [1.807, 2.05) is 24.4 Å². The van der Waals surface area contributed by atoms with E-state index in [0.29, 0.717) is 5.41 Å². The molecule has 1 aromatic heterocycles. The molecule has 0 atom stereocenters. The average Bonchev–Trinajstić information content (AvgIpc) is 2.83. The van der Waals surface area contributed by atoms with E-state index < -0.39 is 0 Å². The second-order valence-corrected chi connectivity index (χ2v) is 6.12. The summed E-state index contributed by atoms with van der Waals surface area (Å²) >= 11 is 0. The Labute approximate surface area is 115 Å². The Kier molecular flexibility index (Phi) is 4.38. The second kappa shape index (κ2) is 6.02. The molecule has 1 heterocycles. The van der Waals surface area contributed by atoms with Crippen LogP contribution in [0.15, 0.2) is 36.5 Å². The first kappa shape index (κ1) is 13.8. The van der Waals surface area contributed by atoms with E-state index in [4.69, 9.17) is 0 Å². The van der Waals surface area contributed by atoms with Crippen molar-refractivity contribution in [2.75, 3.05) is 6.54 Å². The fourth-order valence-corrected chi connectivity index (χ4v) is 1.99. The van der Waals surface area contributed by atoms with Gasteiger partial charge in [-0.15, -0.1) is 0 Å². The summed E-state index contributed by atoms with van der Waals surface area (Å²) in [6, 6.07) is 10.3. The number of hydrogen-bond donors (Lipinski definition) is 2. The summed E-state index contributed by atoms with van der Waals surface area (Å²) in [4.78, 5) is 0. The summed E-state index contributed by atoms with van der Waals surface area (Å²) in [5.41, 5.74) is 3.91. The summed E-state index contributed by atoms with van der Waals surface area (Å²) in [6.07, 6.45) is 3.08. The Morgan fingerprint density at radius 1 is 1.16 bits per heavy atom. The number of hydrogen-bond acceptors (Lipinski definition) is 2. The molecule has 19 heavy (non-hydrogen) atoms. The fourth-order valence-electron chi connectivity index (χ4n) is 1.99. The molecule has 0 aliphatic carbocycles. The van der Waals surface area contributed by atoms with E-state index in [1.165, 1.54) is 17.5 Å².